The molecule has 1 heterocycles. The molecule has 0 radical (unpaired) electrons. The van der Waals surface area contributed by atoms with Gasteiger partial charge in [-0.25, -0.2) is 0 Å². The Hall–Kier alpha value is -1.26. The maximum atomic E-state index is 12.8. The van der Waals surface area contributed by atoms with E-state index in [1.807, 2.05) is 4.90 Å². The van der Waals surface area contributed by atoms with Crippen LogP contribution in [0.1, 0.15) is 42.5 Å². The van der Waals surface area contributed by atoms with Crippen LogP contribution in [-0.4, -0.2) is 44.2 Å². The van der Waals surface area contributed by atoms with Crippen molar-refractivity contribution in [3.8, 4) is 5.75 Å². The molecule has 1 amide bonds. The van der Waals surface area contributed by atoms with E-state index in [-0.39, 0.29) is 5.91 Å². The zero-order chi connectivity index (χ0) is 15.9. The zero-order valence-corrected chi connectivity index (χ0v) is 14.1. The van der Waals surface area contributed by atoms with E-state index in [0.717, 1.165) is 38.8 Å². The Balaban J connectivity index is 2.09. The number of halogens is 1. The third-order valence-electron chi connectivity index (χ3n) is 4.17. The second-order valence-electron chi connectivity index (χ2n) is 5.63. The van der Waals surface area contributed by atoms with Crippen LogP contribution < -0.4 is 4.74 Å². The molecule has 0 saturated carbocycles. The Morgan fingerprint density at radius 1 is 1.36 bits per heavy atom. The largest absolute Gasteiger partial charge is 0.495 e. The highest BCUT2D eigenvalue weighted by molar-refractivity contribution is 6.32. The van der Waals surface area contributed by atoms with Crippen molar-refractivity contribution in [3.63, 3.8) is 0 Å². The lowest BCUT2D eigenvalue weighted by molar-refractivity contribution is 0.0585. The summed E-state index contributed by atoms with van der Waals surface area (Å²) in [6, 6.07) is 5.54. The van der Waals surface area contributed by atoms with Crippen molar-refractivity contribution in [1.29, 1.82) is 0 Å². The molecule has 1 atom stereocenters. The summed E-state index contributed by atoms with van der Waals surface area (Å²) in [5, 5.41) is 0.473. The molecule has 122 valence electrons. The van der Waals surface area contributed by atoms with Crippen LogP contribution in [-0.2, 0) is 4.74 Å². The van der Waals surface area contributed by atoms with E-state index in [1.165, 1.54) is 6.42 Å². The second-order valence-corrected chi connectivity index (χ2v) is 6.04. The molecule has 0 spiro atoms. The smallest absolute Gasteiger partial charge is 0.254 e. The monoisotopic (exact) mass is 325 g/mol. The van der Waals surface area contributed by atoms with E-state index in [4.69, 9.17) is 21.1 Å². The second kappa shape index (κ2) is 8.39. The molecule has 0 aromatic heterocycles. The topological polar surface area (TPSA) is 38.8 Å². The average Bonchev–Trinajstić information content (AvgIpc) is 2.55. The van der Waals surface area contributed by atoms with Crippen LogP contribution in [0.2, 0.25) is 5.02 Å². The molecule has 1 aliphatic heterocycles. The third-order valence-corrected chi connectivity index (χ3v) is 4.47. The van der Waals surface area contributed by atoms with Crippen molar-refractivity contribution in [1.82, 2.24) is 4.90 Å². The maximum Gasteiger partial charge on any atom is 0.254 e. The molecule has 4 nitrogen and oxygen atoms in total. The first kappa shape index (κ1) is 17.1. The normalized spacial score (nSPS) is 18.3. The van der Waals surface area contributed by atoms with Crippen LogP contribution in [0.5, 0.6) is 5.75 Å². The van der Waals surface area contributed by atoms with E-state index in [9.17, 15) is 4.79 Å². The van der Waals surface area contributed by atoms with Gasteiger partial charge in [0.15, 0.2) is 0 Å². The molecule has 0 bridgehead atoms. The molecule has 5 heteroatoms. The van der Waals surface area contributed by atoms with Gasteiger partial charge in [0.05, 0.1) is 12.1 Å². The number of rotatable bonds is 6. The summed E-state index contributed by atoms with van der Waals surface area (Å²) >= 11 is 6.14. The third kappa shape index (κ3) is 4.14. The molecule has 0 N–H and O–H groups in total. The van der Waals surface area contributed by atoms with Gasteiger partial charge in [0, 0.05) is 31.9 Å². The van der Waals surface area contributed by atoms with Crippen LogP contribution in [0.3, 0.4) is 0 Å². The Kier molecular flexibility index (Phi) is 6.52. The maximum absolute atomic E-state index is 12.8. The van der Waals surface area contributed by atoms with E-state index in [1.54, 1.807) is 32.4 Å². The molecule has 1 fully saturated rings. The quantitative estimate of drug-likeness (QED) is 0.747. The van der Waals surface area contributed by atoms with Crippen LogP contribution in [0.4, 0.5) is 0 Å². The first-order chi connectivity index (χ1) is 10.7. The van der Waals surface area contributed by atoms with Gasteiger partial charge in [-0.3, -0.25) is 4.79 Å². The minimum Gasteiger partial charge on any atom is -0.495 e. The standard InChI is InChI=1S/C17H24ClNO3/c1-21-11-5-7-14-6-3-4-10-19(14)17(20)13-8-9-16(22-2)15(18)12-13/h8-9,12,14H,3-7,10-11H2,1-2H3/t14-/m0/s1. The van der Waals surface area contributed by atoms with Gasteiger partial charge < -0.3 is 14.4 Å². The number of benzene rings is 1. The fourth-order valence-electron chi connectivity index (χ4n) is 3.00. The van der Waals surface area contributed by atoms with Crippen molar-refractivity contribution in [2.45, 2.75) is 38.1 Å². The summed E-state index contributed by atoms with van der Waals surface area (Å²) in [5.41, 5.74) is 0.629. The minimum absolute atomic E-state index is 0.0617. The summed E-state index contributed by atoms with van der Waals surface area (Å²) in [7, 11) is 3.28. The molecule has 1 aromatic rings. The van der Waals surface area contributed by atoms with Crippen LogP contribution in [0.25, 0.3) is 0 Å². The highest BCUT2D eigenvalue weighted by atomic mass is 35.5. The molecule has 1 aromatic carbocycles. The molecule has 0 unspecified atom stereocenters. The molecular weight excluding hydrogens is 302 g/mol. The molecule has 0 aliphatic carbocycles. The summed E-state index contributed by atoms with van der Waals surface area (Å²) < 4.78 is 10.3. The average molecular weight is 326 g/mol. The Labute approximate surface area is 137 Å². The molecule has 1 aliphatic rings. The Bertz CT molecular complexity index is 507. The number of piperidine rings is 1. The number of amides is 1. The van der Waals surface area contributed by atoms with E-state index in [2.05, 4.69) is 0 Å². The van der Waals surface area contributed by atoms with Gasteiger partial charge in [-0.05, 0) is 50.3 Å². The lowest BCUT2D eigenvalue weighted by Crippen LogP contribution is -2.43. The van der Waals surface area contributed by atoms with Crippen molar-refractivity contribution in [2.75, 3.05) is 27.4 Å². The lowest BCUT2D eigenvalue weighted by atomic mass is 9.97. The van der Waals surface area contributed by atoms with Gasteiger partial charge in [0.25, 0.3) is 5.91 Å². The fourth-order valence-corrected chi connectivity index (χ4v) is 3.25. The SMILES string of the molecule is COCCC[C@@H]1CCCCN1C(=O)c1ccc(OC)c(Cl)c1. The number of hydrogen-bond acceptors (Lipinski definition) is 3. The van der Waals surface area contributed by atoms with Crippen LogP contribution in [0, 0.1) is 0 Å². The molecule has 1 saturated heterocycles. The number of methoxy groups -OCH3 is 2. The first-order valence-corrected chi connectivity index (χ1v) is 8.18. The van der Waals surface area contributed by atoms with Gasteiger partial charge >= 0.3 is 0 Å². The number of ether oxygens (including phenoxy) is 2. The van der Waals surface area contributed by atoms with Gasteiger partial charge in [-0.2, -0.15) is 0 Å². The van der Waals surface area contributed by atoms with Crippen molar-refractivity contribution >= 4 is 17.5 Å². The van der Waals surface area contributed by atoms with Gasteiger partial charge in [0.1, 0.15) is 5.75 Å². The number of likely N-dealkylation sites (tertiary alicyclic amines) is 1. The van der Waals surface area contributed by atoms with Crippen molar-refractivity contribution < 1.29 is 14.3 Å². The fraction of sp³-hybridized carbons (Fsp3) is 0.588. The van der Waals surface area contributed by atoms with Crippen molar-refractivity contribution in [2.24, 2.45) is 0 Å². The highest BCUT2D eigenvalue weighted by Gasteiger charge is 2.27. The van der Waals surface area contributed by atoms with Crippen LogP contribution in [0.15, 0.2) is 18.2 Å². The van der Waals surface area contributed by atoms with E-state index >= 15 is 0 Å². The molecule has 22 heavy (non-hydrogen) atoms. The van der Waals surface area contributed by atoms with Crippen molar-refractivity contribution in [3.05, 3.63) is 28.8 Å². The predicted octanol–water partition coefficient (Wildman–Crippen LogP) is 3.77. The lowest BCUT2D eigenvalue weighted by Gasteiger charge is -2.36. The van der Waals surface area contributed by atoms with Crippen LogP contribution >= 0.6 is 11.6 Å². The van der Waals surface area contributed by atoms with E-state index in [0.29, 0.717) is 22.4 Å². The summed E-state index contributed by atoms with van der Waals surface area (Å²) in [5.74, 6) is 0.653. The number of carbonyl (C=O) groups is 1. The number of hydrogen-bond donors (Lipinski definition) is 0. The zero-order valence-electron chi connectivity index (χ0n) is 13.3. The van der Waals surface area contributed by atoms with Gasteiger partial charge in [-0.1, -0.05) is 11.6 Å². The highest BCUT2D eigenvalue weighted by Crippen LogP contribution is 2.28. The Morgan fingerprint density at radius 2 is 2.18 bits per heavy atom. The summed E-state index contributed by atoms with van der Waals surface area (Å²) in [6.07, 6.45) is 5.29. The molecule has 2 rings (SSSR count). The van der Waals surface area contributed by atoms with Gasteiger partial charge in [0.2, 0.25) is 0 Å². The Morgan fingerprint density at radius 3 is 2.86 bits per heavy atom. The summed E-state index contributed by atoms with van der Waals surface area (Å²) in [6.45, 7) is 1.56. The number of carbonyl (C=O) groups excluding carboxylic acids is 1. The molecular formula is C17H24ClNO3. The first-order valence-electron chi connectivity index (χ1n) is 7.80. The number of nitrogens with zero attached hydrogens (tertiary/aromatic N) is 1. The van der Waals surface area contributed by atoms with E-state index < -0.39 is 0 Å². The predicted molar refractivity (Wildman–Crippen MR) is 87.8 cm³/mol. The van der Waals surface area contributed by atoms with Gasteiger partial charge in [-0.15, -0.1) is 0 Å². The minimum atomic E-state index is 0.0617. The summed E-state index contributed by atoms with van der Waals surface area (Å²) in [4.78, 5) is 14.8.